The van der Waals surface area contributed by atoms with E-state index in [1.165, 1.54) is 43.5 Å². The Bertz CT molecular complexity index is 780. The lowest BCUT2D eigenvalue weighted by Gasteiger charge is -2.05. The third kappa shape index (κ3) is 3.28. The molecule has 0 saturated heterocycles. The van der Waals surface area contributed by atoms with Gasteiger partial charge in [0.2, 0.25) is 0 Å². The molecule has 0 bridgehead atoms. The first kappa shape index (κ1) is 15.2. The van der Waals surface area contributed by atoms with Crippen LogP contribution in [0, 0.1) is 5.82 Å². The van der Waals surface area contributed by atoms with E-state index >= 15 is 0 Å². The van der Waals surface area contributed by atoms with Crippen LogP contribution < -0.4 is 4.74 Å². The van der Waals surface area contributed by atoms with Crippen molar-refractivity contribution >= 4 is 15.6 Å². The van der Waals surface area contributed by atoms with Crippen molar-refractivity contribution in [2.45, 2.75) is 4.90 Å². The second kappa shape index (κ2) is 5.65. The van der Waals surface area contributed by atoms with Gasteiger partial charge in [-0.2, -0.15) is 0 Å². The molecule has 0 aliphatic heterocycles. The molecule has 21 heavy (non-hydrogen) atoms. The maximum absolute atomic E-state index is 13.6. The number of ether oxygens (including phenoxy) is 1. The SMILES string of the molecule is COc1ccc(C(=O)c2ccc(S(C)(=O)=O)cc2)cc1F. The number of sulfone groups is 1. The molecule has 2 rings (SSSR count). The van der Waals surface area contributed by atoms with Crippen molar-refractivity contribution in [2.75, 3.05) is 13.4 Å². The highest BCUT2D eigenvalue weighted by Gasteiger charge is 2.13. The fraction of sp³-hybridized carbons (Fsp3) is 0.133. The Morgan fingerprint density at radius 2 is 1.62 bits per heavy atom. The van der Waals surface area contributed by atoms with Crippen molar-refractivity contribution in [3.63, 3.8) is 0 Å². The number of benzene rings is 2. The third-order valence-electron chi connectivity index (χ3n) is 2.96. The van der Waals surface area contributed by atoms with E-state index in [1.807, 2.05) is 0 Å². The van der Waals surface area contributed by atoms with Crippen LogP contribution in [-0.2, 0) is 9.84 Å². The van der Waals surface area contributed by atoms with Crippen LogP contribution in [0.25, 0.3) is 0 Å². The largest absolute Gasteiger partial charge is 0.494 e. The van der Waals surface area contributed by atoms with Gasteiger partial charge in [-0.05, 0) is 42.5 Å². The number of rotatable bonds is 4. The maximum Gasteiger partial charge on any atom is 0.193 e. The number of hydrogen-bond donors (Lipinski definition) is 0. The number of hydrogen-bond acceptors (Lipinski definition) is 4. The highest BCUT2D eigenvalue weighted by atomic mass is 32.2. The number of carbonyl (C=O) groups excluding carboxylic acids is 1. The summed E-state index contributed by atoms with van der Waals surface area (Å²) in [6.45, 7) is 0. The number of methoxy groups -OCH3 is 1. The molecule has 6 heteroatoms. The van der Waals surface area contributed by atoms with E-state index in [9.17, 15) is 17.6 Å². The van der Waals surface area contributed by atoms with Gasteiger partial charge in [0.25, 0.3) is 0 Å². The summed E-state index contributed by atoms with van der Waals surface area (Å²) in [5.41, 5.74) is 0.451. The molecule has 0 N–H and O–H groups in total. The predicted octanol–water partition coefficient (Wildman–Crippen LogP) is 2.47. The van der Waals surface area contributed by atoms with E-state index in [4.69, 9.17) is 4.74 Å². The Morgan fingerprint density at radius 3 is 2.10 bits per heavy atom. The summed E-state index contributed by atoms with van der Waals surface area (Å²) in [4.78, 5) is 12.3. The highest BCUT2D eigenvalue weighted by molar-refractivity contribution is 7.90. The van der Waals surface area contributed by atoms with E-state index < -0.39 is 21.4 Å². The molecule has 0 spiro atoms. The Labute approximate surface area is 122 Å². The van der Waals surface area contributed by atoms with Crippen molar-refractivity contribution in [1.29, 1.82) is 0 Å². The van der Waals surface area contributed by atoms with Crippen molar-refractivity contribution in [2.24, 2.45) is 0 Å². The molecule has 0 aliphatic rings. The summed E-state index contributed by atoms with van der Waals surface area (Å²) < 4.78 is 41.1. The molecular weight excluding hydrogens is 295 g/mol. The molecule has 0 saturated carbocycles. The molecule has 2 aromatic carbocycles. The van der Waals surface area contributed by atoms with Crippen LogP contribution in [-0.4, -0.2) is 27.6 Å². The van der Waals surface area contributed by atoms with Gasteiger partial charge in [0.15, 0.2) is 27.2 Å². The molecule has 0 aliphatic carbocycles. The van der Waals surface area contributed by atoms with Crippen molar-refractivity contribution in [3.05, 3.63) is 59.4 Å². The Hall–Kier alpha value is -2.21. The van der Waals surface area contributed by atoms with Gasteiger partial charge >= 0.3 is 0 Å². The Kier molecular flexibility index (Phi) is 4.09. The first-order chi connectivity index (χ1) is 9.82. The van der Waals surface area contributed by atoms with Crippen LogP contribution in [0.3, 0.4) is 0 Å². The first-order valence-electron chi connectivity index (χ1n) is 6.01. The van der Waals surface area contributed by atoms with Crippen molar-refractivity contribution in [1.82, 2.24) is 0 Å². The summed E-state index contributed by atoms with van der Waals surface area (Å²) in [6, 6.07) is 9.42. The molecule has 0 radical (unpaired) electrons. The fourth-order valence-electron chi connectivity index (χ4n) is 1.83. The number of carbonyl (C=O) groups is 1. The summed E-state index contributed by atoms with van der Waals surface area (Å²) in [7, 11) is -1.98. The molecular formula is C15H13FO4S. The molecule has 110 valence electrons. The minimum Gasteiger partial charge on any atom is -0.494 e. The summed E-state index contributed by atoms with van der Waals surface area (Å²) in [5, 5.41) is 0. The zero-order valence-corrected chi connectivity index (χ0v) is 12.3. The molecule has 0 unspecified atom stereocenters. The second-order valence-corrected chi connectivity index (χ2v) is 6.49. The molecule has 2 aromatic rings. The maximum atomic E-state index is 13.6. The summed E-state index contributed by atoms with van der Waals surface area (Å²) >= 11 is 0. The molecule has 4 nitrogen and oxygen atoms in total. The lowest BCUT2D eigenvalue weighted by atomic mass is 10.0. The molecule has 0 atom stereocenters. The van der Waals surface area contributed by atoms with E-state index in [2.05, 4.69) is 0 Å². The van der Waals surface area contributed by atoms with Crippen molar-refractivity contribution in [3.8, 4) is 5.75 Å². The van der Waals surface area contributed by atoms with Gasteiger partial charge in [0.1, 0.15) is 0 Å². The van der Waals surface area contributed by atoms with Crippen LogP contribution >= 0.6 is 0 Å². The summed E-state index contributed by atoms with van der Waals surface area (Å²) in [6.07, 6.45) is 1.09. The molecule has 0 amide bonds. The van der Waals surface area contributed by atoms with Crippen LogP contribution in [0.2, 0.25) is 0 Å². The van der Waals surface area contributed by atoms with E-state index in [0.29, 0.717) is 0 Å². The van der Waals surface area contributed by atoms with Gasteiger partial charge in [-0.3, -0.25) is 4.79 Å². The van der Waals surface area contributed by atoms with Gasteiger partial charge < -0.3 is 4.74 Å². The lowest BCUT2D eigenvalue weighted by molar-refractivity contribution is 0.103. The quantitative estimate of drug-likeness (QED) is 0.814. The average molecular weight is 308 g/mol. The zero-order chi connectivity index (χ0) is 15.6. The van der Waals surface area contributed by atoms with Gasteiger partial charge in [0, 0.05) is 17.4 Å². The van der Waals surface area contributed by atoms with Crippen LogP contribution in [0.4, 0.5) is 4.39 Å². The van der Waals surface area contributed by atoms with Crippen LogP contribution in [0.15, 0.2) is 47.4 Å². The Morgan fingerprint density at radius 1 is 1.05 bits per heavy atom. The predicted molar refractivity (Wildman–Crippen MR) is 75.9 cm³/mol. The minimum absolute atomic E-state index is 0.0546. The summed E-state index contributed by atoms with van der Waals surface area (Å²) in [5.74, 6) is -0.966. The van der Waals surface area contributed by atoms with Crippen LogP contribution in [0.5, 0.6) is 5.75 Å². The van der Waals surface area contributed by atoms with E-state index in [0.717, 1.165) is 12.3 Å². The van der Waals surface area contributed by atoms with Crippen molar-refractivity contribution < 1.29 is 22.3 Å². The lowest BCUT2D eigenvalue weighted by Crippen LogP contribution is -2.04. The zero-order valence-electron chi connectivity index (χ0n) is 11.5. The standard InChI is InChI=1S/C15H13FO4S/c1-20-14-8-5-11(9-13(14)16)15(17)10-3-6-12(7-4-10)21(2,18)19/h3-9H,1-2H3. The monoisotopic (exact) mass is 308 g/mol. The third-order valence-corrected chi connectivity index (χ3v) is 4.09. The topological polar surface area (TPSA) is 60.4 Å². The van der Waals surface area contributed by atoms with Gasteiger partial charge in [-0.1, -0.05) is 0 Å². The molecule has 0 aromatic heterocycles. The smallest absolute Gasteiger partial charge is 0.193 e. The van der Waals surface area contributed by atoms with E-state index in [1.54, 1.807) is 0 Å². The second-order valence-electron chi connectivity index (χ2n) is 4.47. The number of ketones is 1. The highest BCUT2D eigenvalue weighted by Crippen LogP contribution is 2.20. The van der Waals surface area contributed by atoms with E-state index in [-0.39, 0.29) is 21.8 Å². The first-order valence-corrected chi connectivity index (χ1v) is 7.90. The fourth-order valence-corrected chi connectivity index (χ4v) is 2.46. The van der Waals surface area contributed by atoms with Crippen LogP contribution in [0.1, 0.15) is 15.9 Å². The average Bonchev–Trinajstić information content (AvgIpc) is 2.45. The van der Waals surface area contributed by atoms with Gasteiger partial charge in [0.05, 0.1) is 12.0 Å². The minimum atomic E-state index is -3.31. The normalized spacial score (nSPS) is 11.2. The van der Waals surface area contributed by atoms with Gasteiger partial charge in [-0.25, -0.2) is 12.8 Å². The molecule has 0 heterocycles. The molecule has 0 fully saturated rings. The Balaban J connectivity index is 2.34. The number of halogens is 1. The van der Waals surface area contributed by atoms with Gasteiger partial charge in [-0.15, -0.1) is 0 Å².